The van der Waals surface area contributed by atoms with Crippen molar-refractivity contribution in [3.05, 3.63) is 29.8 Å². The Morgan fingerprint density at radius 3 is 2.28 bits per heavy atom. The van der Waals surface area contributed by atoms with E-state index in [1.54, 1.807) is 26.2 Å². The molecule has 1 aromatic rings. The predicted molar refractivity (Wildman–Crippen MR) is 126 cm³/mol. The van der Waals surface area contributed by atoms with E-state index >= 15 is 0 Å². The smallest absolute Gasteiger partial charge is 0.242 e. The molecule has 1 aliphatic heterocycles. The lowest BCUT2D eigenvalue weighted by Crippen LogP contribution is -2.45. The summed E-state index contributed by atoms with van der Waals surface area (Å²) < 4.78 is 25.5. The second-order valence-electron chi connectivity index (χ2n) is 7.14. The fourth-order valence-corrected chi connectivity index (χ4v) is 4.12. The molecule has 0 unspecified atom stereocenters. The number of carbonyl (C=O) groups excluding carboxylic acids is 1. The third-order valence-corrected chi connectivity index (χ3v) is 6.86. The average molecular weight is 537 g/mol. The van der Waals surface area contributed by atoms with Gasteiger partial charge in [-0.25, -0.2) is 12.7 Å². The molecule has 1 amide bonds. The molecule has 1 aromatic carbocycles. The molecular weight excluding hydrogens is 505 g/mol. The van der Waals surface area contributed by atoms with Crippen LogP contribution in [0.5, 0.6) is 0 Å². The monoisotopic (exact) mass is 537 g/mol. The number of carbonyl (C=O) groups is 1. The van der Waals surface area contributed by atoms with E-state index in [9.17, 15) is 13.2 Å². The summed E-state index contributed by atoms with van der Waals surface area (Å²) >= 11 is 0. The first-order valence-electron chi connectivity index (χ1n) is 9.45. The zero-order valence-corrected chi connectivity index (χ0v) is 20.7. The van der Waals surface area contributed by atoms with Crippen LogP contribution in [0.3, 0.4) is 0 Å². The van der Waals surface area contributed by atoms with Crippen molar-refractivity contribution < 1.29 is 13.2 Å². The van der Waals surface area contributed by atoms with E-state index in [1.165, 1.54) is 18.4 Å². The third kappa shape index (κ3) is 7.10. The van der Waals surface area contributed by atoms with E-state index < -0.39 is 10.0 Å². The van der Waals surface area contributed by atoms with Crippen molar-refractivity contribution in [1.29, 1.82) is 0 Å². The van der Waals surface area contributed by atoms with Crippen molar-refractivity contribution in [1.82, 2.24) is 19.8 Å². The van der Waals surface area contributed by atoms with Crippen LogP contribution >= 0.6 is 24.0 Å². The van der Waals surface area contributed by atoms with E-state index in [4.69, 9.17) is 0 Å². The third-order valence-electron chi connectivity index (χ3n) is 5.03. The Labute approximate surface area is 191 Å². The molecule has 1 saturated heterocycles. The zero-order valence-electron chi connectivity index (χ0n) is 17.5. The van der Waals surface area contributed by atoms with Gasteiger partial charge in [0.15, 0.2) is 5.96 Å². The standard InChI is InChI=1S/C19H31N5O3S.HI/c1-20-18(25)13-15-9-11-24(12-10-15)19(21-2)22-14-16-5-7-17(8-6-16)28(26,27)23(3)4;/h5-8,15H,9-14H2,1-4H3,(H,20,25)(H,21,22);1H. The van der Waals surface area contributed by atoms with Crippen LogP contribution in [0.15, 0.2) is 34.2 Å². The number of nitrogens with zero attached hydrogens (tertiary/aromatic N) is 3. The average Bonchev–Trinajstić information content (AvgIpc) is 2.69. The Morgan fingerprint density at radius 2 is 1.79 bits per heavy atom. The second kappa shape index (κ2) is 11.7. The number of likely N-dealkylation sites (tertiary alicyclic amines) is 1. The SMILES string of the molecule is CN=C(NCc1ccc(S(=O)(=O)N(C)C)cc1)N1CCC(CC(=O)NC)CC1.I. The Bertz CT molecular complexity index is 789. The first-order chi connectivity index (χ1) is 13.3. The highest BCUT2D eigenvalue weighted by atomic mass is 127. The van der Waals surface area contributed by atoms with Crippen LogP contribution in [0.2, 0.25) is 0 Å². The zero-order chi connectivity index (χ0) is 20.7. The number of rotatable bonds is 6. The van der Waals surface area contributed by atoms with Crippen LogP contribution in [-0.2, 0) is 21.4 Å². The highest BCUT2D eigenvalue weighted by molar-refractivity contribution is 14.0. The lowest BCUT2D eigenvalue weighted by atomic mass is 9.93. The van der Waals surface area contributed by atoms with Gasteiger partial charge in [0.25, 0.3) is 0 Å². The van der Waals surface area contributed by atoms with Crippen molar-refractivity contribution >= 4 is 45.9 Å². The van der Waals surface area contributed by atoms with Gasteiger partial charge in [-0.3, -0.25) is 9.79 Å². The lowest BCUT2D eigenvalue weighted by Gasteiger charge is -2.34. The first kappa shape index (κ1) is 25.6. The van der Waals surface area contributed by atoms with Crippen molar-refractivity contribution in [2.24, 2.45) is 10.9 Å². The number of halogens is 1. The number of amides is 1. The van der Waals surface area contributed by atoms with Gasteiger partial charge < -0.3 is 15.5 Å². The molecule has 0 bridgehead atoms. The maximum absolute atomic E-state index is 12.1. The van der Waals surface area contributed by atoms with E-state index in [0.717, 1.165) is 37.5 Å². The number of nitrogens with one attached hydrogen (secondary N) is 2. The summed E-state index contributed by atoms with van der Waals surface area (Å²) in [5.41, 5.74) is 0.980. The molecule has 1 fully saturated rings. The fourth-order valence-electron chi connectivity index (χ4n) is 3.22. The van der Waals surface area contributed by atoms with Crippen LogP contribution in [0.25, 0.3) is 0 Å². The molecule has 164 valence electrons. The number of guanidine groups is 1. The maximum Gasteiger partial charge on any atom is 0.242 e. The fraction of sp³-hybridized carbons (Fsp3) is 0.579. The van der Waals surface area contributed by atoms with Gasteiger partial charge in [-0.1, -0.05) is 12.1 Å². The highest BCUT2D eigenvalue weighted by Gasteiger charge is 2.23. The van der Waals surface area contributed by atoms with Crippen molar-refractivity contribution in [3.63, 3.8) is 0 Å². The summed E-state index contributed by atoms with van der Waals surface area (Å²) in [6.45, 7) is 2.29. The molecule has 2 rings (SSSR count). The van der Waals surface area contributed by atoms with E-state index in [-0.39, 0.29) is 34.8 Å². The molecule has 0 aliphatic carbocycles. The van der Waals surface area contributed by atoms with Gasteiger partial charge in [0.1, 0.15) is 0 Å². The summed E-state index contributed by atoms with van der Waals surface area (Å²) in [7, 11) is 3.06. The summed E-state index contributed by atoms with van der Waals surface area (Å²) in [6, 6.07) is 6.87. The van der Waals surface area contributed by atoms with Crippen LogP contribution in [-0.4, -0.2) is 70.8 Å². The van der Waals surface area contributed by atoms with Gasteiger partial charge in [0.05, 0.1) is 4.90 Å². The number of sulfonamides is 1. The molecular formula is C19H32IN5O3S. The molecule has 10 heteroatoms. The maximum atomic E-state index is 12.1. The molecule has 1 heterocycles. The quantitative estimate of drug-likeness (QED) is 0.326. The molecule has 0 atom stereocenters. The molecule has 0 spiro atoms. The van der Waals surface area contributed by atoms with Crippen molar-refractivity contribution in [3.8, 4) is 0 Å². The normalized spacial score (nSPS) is 15.8. The Morgan fingerprint density at radius 1 is 1.21 bits per heavy atom. The molecule has 0 saturated carbocycles. The minimum absolute atomic E-state index is 0. The topological polar surface area (TPSA) is 94.1 Å². The highest BCUT2D eigenvalue weighted by Crippen LogP contribution is 2.20. The van der Waals surface area contributed by atoms with E-state index in [0.29, 0.717) is 18.9 Å². The number of piperidine rings is 1. The van der Waals surface area contributed by atoms with Crippen LogP contribution < -0.4 is 10.6 Å². The number of hydrogen-bond acceptors (Lipinski definition) is 4. The van der Waals surface area contributed by atoms with Gasteiger partial charge in [0, 0.05) is 54.2 Å². The summed E-state index contributed by atoms with van der Waals surface area (Å²) in [4.78, 5) is 18.4. The largest absolute Gasteiger partial charge is 0.359 e. The Kier molecular flexibility index (Phi) is 10.3. The minimum atomic E-state index is -3.41. The summed E-state index contributed by atoms with van der Waals surface area (Å²) in [5.74, 6) is 1.34. The molecule has 2 N–H and O–H groups in total. The Balaban J connectivity index is 0.00000420. The van der Waals surface area contributed by atoms with Crippen molar-refractivity contribution in [2.75, 3.05) is 41.3 Å². The Hall–Kier alpha value is -1.40. The van der Waals surface area contributed by atoms with E-state index in [1.807, 2.05) is 12.1 Å². The van der Waals surface area contributed by atoms with Crippen LogP contribution in [0, 0.1) is 5.92 Å². The van der Waals surface area contributed by atoms with Gasteiger partial charge in [-0.05, 0) is 36.5 Å². The van der Waals surface area contributed by atoms with Crippen LogP contribution in [0.1, 0.15) is 24.8 Å². The van der Waals surface area contributed by atoms with Crippen molar-refractivity contribution in [2.45, 2.75) is 30.7 Å². The second-order valence-corrected chi connectivity index (χ2v) is 9.29. The molecule has 0 radical (unpaired) electrons. The van der Waals surface area contributed by atoms with Gasteiger partial charge in [-0.2, -0.15) is 0 Å². The number of hydrogen-bond donors (Lipinski definition) is 2. The first-order valence-corrected chi connectivity index (χ1v) is 10.9. The summed E-state index contributed by atoms with van der Waals surface area (Å²) in [6.07, 6.45) is 2.51. The molecule has 0 aromatic heterocycles. The number of benzene rings is 1. The molecule has 8 nitrogen and oxygen atoms in total. The predicted octanol–water partition coefficient (Wildman–Crippen LogP) is 1.48. The lowest BCUT2D eigenvalue weighted by molar-refractivity contribution is -0.121. The number of aliphatic imine (C=N–C) groups is 1. The minimum Gasteiger partial charge on any atom is -0.359 e. The van der Waals surface area contributed by atoms with Gasteiger partial charge >= 0.3 is 0 Å². The molecule has 29 heavy (non-hydrogen) atoms. The summed E-state index contributed by atoms with van der Waals surface area (Å²) in [5, 5.41) is 6.03. The van der Waals surface area contributed by atoms with Crippen LogP contribution in [0.4, 0.5) is 0 Å². The van der Waals surface area contributed by atoms with Gasteiger partial charge in [-0.15, -0.1) is 24.0 Å². The van der Waals surface area contributed by atoms with Gasteiger partial charge in [0.2, 0.25) is 15.9 Å². The van der Waals surface area contributed by atoms with E-state index in [2.05, 4.69) is 20.5 Å². The molecule has 1 aliphatic rings.